The van der Waals surface area contributed by atoms with Gasteiger partial charge in [0, 0.05) is 5.70 Å². The molecule has 6 heteroatoms. The largest absolute Gasteiger partial charge is 0.463 e. The minimum Gasteiger partial charge on any atom is -0.463 e. The third kappa shape index (κ3) is 2.05. The SMILES string of the molecule is CCOC(=O)C1=C(CC)NC(=O)C1C(N)=O. The number of esters is 1. The van der Waals surface area contributed by atoms with Crippen molar-refractivity contribution in [3.05, 3.63) is 11.3 Å². The number of ether oxygens (including phenoxy) is 1. The Kier molecular flexibility index (Phi) is 3.65. The molecule has 1 atom stereocenters. The number of primary amides is 1. The average Bonchev–Trinajstić information content (AvgIpc) is 2.55. The Bertz CT molecular complexity index is 373. The van der Waals surface area contributed by atoms with Crippen molar-refractivity contribution in [3.8, 4) is 0 Å². The molecule has 1 unspecified atom stereocenters. The van der Waals surface area contributed by atoms with Crippen molar-refractivity contribution in [1.29, 1.82) is 0 Å². The van der Waals surface area contributed by atoms with Gasteiger partial charge in [-0.3, -0.25) is 9.59 Å². The molecule has 1 rings (SSSR count). The average molecular weight is 226 g/mol. The number of carbonyl (C=O) groups is 3. The van der Waals surface area contributed by atoms with E-state index in [1.54, 1.807) is 13.8 Å². The first kappa shape index (κ1) is 12.2. The second-order valence-corrected chi connectivity index (χ2v) is 3.29. The fourth-order valence-electron chi connectivity index (χ4n) is 1.59. The Morgan fingerprint density at radius 2 is 2.06 bits per heavy atom. The zero-order valence-corrected chi connectivity index (χ0v) is 9.20. The van der Waals surface area contributed by atoms with Gasteiger partial charge in [-0.1, -0.05) is 6.92 Å². The summed E-state index contributed by atoms with van der Waals surface area (Å²) in [6.07, 6.45) is 0.434. The number of nitrogens with one attached hydrogen (secondary N) is 1. The molecule has 3 N–H and O–H groups in total. The summed E-state index contributed by atoms with van der Waals surface area (Å²) < 4.78 is 4.79. The van der Waals surface area contributed by atoms with Gasteiger partial charge in [0.2, 0.25) is 11.8 Å². The van der Waals surface area contributed by atoms with Crippen LogP contribution in [0.1, 0.15) is 20.3 Å². The normalized spacial score (nSPS) is 19.6. The quantitative estimate of drug-likeness (QED) is 0.496. The maximum atomic E-state index is 11.6. The summed E-state index contributed by atoms with van der Waals surface area (Å²) in [7, 11) is 0. The van der Waals surface area contributed by atoms with Gasteiger partial charge in [0.25, 0.3) is 0 Å². The minimum absolute atomic E-state index is 0.0434. The highest BCUT2D eigenvalue weighted by Crippen LogP contribution is 2.24. The standard InChI is InChI=1S/C10H14N2O4/c1-3-5-6(10(15)16-4-2)7(8(11)13)9(14)12-5/h7H,3-4H2,1-2H3,(H2,11,13)(H,12,14). The van der Waals surface area contributed by atoms with E-state index in [1.807, 2.05) is 0 Å². The van der Waals surface area contributed by atoms with Gasteiger partial charge in [0.15, 0.2) is 5.92 Å². The zero-order chi connectivity index (χ0) is 12.3. The molecule has 88 valence electrons. The monoisotopic (exact) mass is 226 g/mol. The molecule has 0 aromatic heterocycles. The Hall–Kier alpha value is -1.85. The van der Waals surface area contributed by atoms with Crippen LogP contribution in [0.4, 0.5) is 0 Å². The van der Waals surface area contributed by atoms with Gasteiger partial charge in [-0.2, -0.15) is 0 Å². The molecule has 0 bridgehead atoms. The Balaban J connectivity index is 3.09. The number of hydrogen-bond donors (Lipinski definition) is 2. The molecule has 0 aromatic rings. The van der Waals surface area contributed by atoms with Crippen molar-refractivity contribution in [1.82, 2.24) is 5.32 Å². The van der Waals surface area contributed by atoms with E-state index in [4.69, 9.17) is 10.5 Å². The van der Waals surface area contributed by atoms with Crippen molar-refractivity contribution < 1.29 is 19.1 Å². The van der Waals surface area contributed by atoms with Crippen LogP contribution in [0.15, 0.2) is 11.3 Å². The molecule has 1 aliphatic rings. The summed E-state index contributed by atoms with van der Waals surface area (Å²) >= 11 is 0. The molecule has 0 fully saturated rings. The molecule has 0 aliphatic carbocycles. The highest BCUT2D eigenvalue weighted by molar-refractivity contribution is 6.13. The van der Waals surface area contributed by atoms with E-state index in [2.05, 4.69) is 5.32 Å². The number of carbonyl (C=O) groups excluding carboxylic acids is 3. The maximum absolute atomic E-state index is 11.6. The second kappa shape index (κ2) is 4.78. The van der Waals surface area contributed by atoms with Crippen LogP contribution in [0, 0.1) is 5.92 Å². The van der Waals surface area contributed by atoms with Crippen molar-refractivity contribution in [2.24, 2.45) is 11.7 Å². The molecule has 1 aliphatic heterocycles. The molecule has 16 heavy (non-hydrogen) atoms. The molecule has 0 saturated carbocycles. The maximum Gasteiger partial charge on any atom is 0.337 e. The van der Waals surface area contributed by atoms with Gasteiger partial charge < -0.3 is 15.8 Å². The molecule has 0 radical (unpaired) electrons. The molecule has 0 saturated heterocycles. The second-order valence-electron chi connectivity index (χ2n) is 3.29. The predicted molar refractivity (Wildman–Crippen MR) is 54.8 cm³/mol. The van der Waals surface area contributed by atoms with Crippen LogP contribution in [0.5, 0.6) is 0 Å². The highest BCUT2D eigenvalue weighted by Gasteiger charge is 2.41. The summed E-state index contributed by atoms with van der Waals surface area (Å²) in [6.45, 7) is 3.59. The van der Waals surface area contributed by atoms with E-state index in [-0.39, 0.29) is 12.2 Å². The third-order valence-corrected chi connectivity index (χ3v) is 2.28. The van der Waals surface area contributed by atoms with Gasteiger partial charge in [0.05, 0.1) is 12.2 Å². The summed E-state index contributed by atoms with van der Waals surface area (Å²) in [5.41, 5.74) is 5.54. The van der Waals surface area contributed by atoms with Gasteiger partial charge in [0.1, 0.15) is 0 Å². The molecule has 1 heterocycles. The van der Waals surface area contributed by atoms with Crippen LogP contribution in [0.3, 0.4) is 0 Å². The van der Waals surface area contributed by atoms with Crippen molar-refractivity contribution in [2.45, 2.75) is 20.3 Å². The molecular formula is C10H14N2O4. The lowest BCUT2D eigenvalue weighted by Gasteiger charge is -2.08. The summed E-state index contributed by atoms with van der Waals surface area (Å²) in [5, 5.41) is 2.46. The van der Waals surface area contributed by atoms with Gasteiger partial charge in [-0.15, -0.1) is 0 Å². The van der Waals surface area contributed by atoms with Gasteiger partial charge >= 0.3 is 5.97 Å². The number of nitrogens with two attached hydrogens (primary N) is 1. The number of amides is 2. The predicted octanol–water partition coefficient (Wildman–Crippen LogP) is -0.555. The van der Waals surface area contributed by atoms with Crippen molar-refractivity contribution in [3.63, 3.8) is 0 Å². The molecule has 0 aromatic carbocycles. The number of rotatable bonds is 4. The van der Waals surface area contributed by atoms with Crippen LogP contribution >= 0.6 is 0 Å². The molecule has 6 nitrogen and oxygen atoms in total. The topological polar surface area (TPSA) is 98.5 Å². The first-order valence-electron chi connectivity index (χ1n) is 5.03. The van der Waals surface area contributed by atoms with E-state index in [1.165, 1.54) is 0 Å². The van der Waals surface area contributed by atoms with E-state index in [0.717, 1.165) is 0 Å². The molecule has 0 spiro atoms. The van der Waals surface area contributed by atoms with Crippen molar-refractivity contribution >= 4 is 17.8 Å². The van der Waals surface area contributed by atoms with Crippen LogP contribution in [0.2, 0.25) is 0 Å². The van der Waals surface area contributed by atoms with Crippen LogP contribution < -0.4 is 11.1 Å². The lowest BCUT2D eigenvalue weighted by Crippen LogP contribution is -2.34. The smallest absolute Gasteiger partial charge is 0.337 e. The van der Waals surface area contributed by atoms with Crippen molar-refractivity contribution in [2.75, 3.05) is 6.61 Å². The third-order valence-electron chi connectivity index (χ3n) is 2.28. The zero-order valence-electron chi connectivity index (χ0n) is 9.20. The summed E-state index contributed by atoms with van der Waals surface area (Å²) in [6, 6.07) is 0. The summed E-state index contributed by atoms with van der Waals surface area (Å²) in [4.78, 5) is 34.1. The fraction of sp³-hybridized carbons (Fsp3) is 0.500. The highest BCUT2D eigenvalue weighted by atomic mass is 16.5. The van der Waals surface area contributed by atoms with Gasteiger partial charge in [-0.05, 0) is 13.3 Å². The van der Waals surface area contributed by atoms with E-state index < -0.39 is 23.7 Å². The lowest BCUT2D eigenvalue weighted by molar-refractivity contribution is -0.142. The van der Waals surface area contributed by atoms with Crippen LogP contribution in [-0.4, -0.2) is 24.4 Å². The van der Waals surface area contributed by atoms with E-state index in [9.17, 15) is 14.4 Å². The van der Waals surface area contributed by atoms with E-state index >= 15 is 0 Å². The first-order valence-corrected chi connectivity index (χ1v) is 5.03. The minimum atomic E-state index is -1.23. The molecule has 2 amide bonds. The summed E-state index contributed by atoms with van der Waals surface area (Å²) in [5.74, 6) is -3.30. The molecular weight excluding hydrogens is 212 g/mol. The van der Waals surface area contributed by atoms with Crippen LogP contribution in [0.25, 0.3) is 0 Å². The number of hydrogen-bond acceptors (Lipinski definition) is 4. The first-order chi connectivity index (χ1) is 7.52. The lowest BCUT2D eigenvalue weighted by atomic mass is 9.99. The Morgan fingerprint density at radius 1 is 1.44 bits per heavy atom. The Labute approximate surface area is 92.8 Å². The Morgan fingerprint density at radius 3 is 2.50 bits per heavy atom. The van der Waals surface area contributed by atoms with Crippen LogP contribution in [-0.2, 0) is 19.1 Å². The fourth-order valence-corrected chi connectivity index (χ4v) is 1.59. The van der Waals surface area contributed by atoms with Gasteiger partial charge in [-0.25, -0.2) is 4.79 Å². The van der Waals surface area contributed by atoms with E-state index in [0.29, 0.717) is 12.1 Å². The number of allylic oxidation sites excluding steroid dienone is 1.